The predicted molar refractivity (Wildman–Crippen MR) is 94.8 cm³/mol. The molecule has 1 fully saturated rings. The Balaban J connectivity index is 1.89. The number of nitrogens with one attached hydrogen (secondary N) is 1. The summed E-state index contributed by atoms with van der Waals surface area (Å²) in [4.78, 5) is 17.0. The second kappa shape index (κ2) is 6.30. The smallest absolute Gasteiger partial charge is 0.264 e. The van der Waals surface area contributed by atoms with Crippen LogP contribution in [-0.4, -0.2) is 16.2 Å². The van der Waals surface area contributed by atoms with Crippen LogP contribution in [0.3, 0.4) is 0 Å². The van der Waals surface area contributed by atoms with E-state index in [1.165, 1.54) is 11.8 Å². The number of benzene rings is 2. The molecule has 0 spiro atoms. The standard InChI is InChI=1S/C18H16N2O2S/c1-11-7-8-15(21)14(9-11)19-18-20-17(22)16(23-18)10-13-6-4-3-5-12(13)2/h3-10,21H,1-2H3,(H,19,20,22)/b16-10-. The third kappa shape index (κ3) is 3.46. The van der Waals surface area contributed by atoms with Crippen molar-refractivity contribution in [1.82, 2.24) is 5.32 Å². The Kier molecular flexibility index (Phi) is 4.21. The Morgan fingerprint density at radius 3 is 2.74 bits per heavy atom. The largest absolute Gasteiger partial charge is 0.506 e. The molecule has 1 amide bonds. The van der Waals surface area contributed by atoms with Gasteiger partial charge in [-0.25, -0.2) is 4.99 Å². The summed E-state index contributed by atoms with van der Waals surface area (Å²) in [6, 6.07) is 13.1. The van der Waals surface area contributed by atoms with Crippen molar-refractivity contribution in [2.24, 2.45) is 4.99 Å². The average molecular weight is 324 g/mol. The topological polar surface area (TPSA) is 61.7 Å². The van der Waals surface area contributed by atoms with E-state index in [9.17, 15) is 9.90 Å². The summed E-state index contributed by atoms with van der Waals surface area (Å²) in [5, 5.41) is 13.1. The number of thioether (sulfide) groups is 1. The van der Waals surface area contributed by atoms with Crippen molar-refractivity contribution in [3.8, 4) is 5.75 Å². The van der Waals surface area contributed by atoms with Gasteiger partial charge < -0.3 is 10.4 Å². The molecule has 116 valence electrons. The average Bonchev–Trinajstić information content (AvgIpc) is 2.85. The number of amides is 1. The third-order valence-corrected chi connectivity index (χ3v) is 4.39. The van der Waals surface area contributed by atoms with Gasteiger partial charge in [-0.3, -0.25) is 4.79 Å². The van der Waals surface area contributed by atoms with Gasteiger partial charge in [0.25, 0.3) is 5.91 Å². The monoisotopic (exact) mass is 324 g/mol. The number of aryl methyl sites for hydroxylation is 2. The Morgan fingerprint density at radius 2 is 1.96 bits per heavy atom. The second-order valence-corrected chi connectivity index (χ2v) is 6.36. The van der Waals surface area contributed by atoms with Crippen molar-refractivity contribution in [2.45, 2.75) is 13.8 Å². The molecule has 0 aliphatic carbocycles. The number of carbonyl (C=O) groups is 1. The number of rotatable bonds is 2. The minimum atomic E-state index is -0.177. The number of hydrogen-bond acceptors (Lipinski definition) is 4. The number of nitrogens with zero attached hydrogens (tertiary/aromatic N) is 1. The fraction of sp³-hybridized carbons (Fsp3) is 0.111. The van der Waals surface area contributed by atoms with Gasteiger partial charge in [0.15, 0.2) is 5.17 Å². The zero-order chi connectivity index (χ0) is 16.4. The Bertz CT molecular complexity index is 841. The SMILES string of the molecule is Cc1ccc(O)c(N=C2NC(=O)/C(=C/c3ccccc3C)S2)c1. The molecule has 2 N–H and O–H groups in total. The maximum atomic E-state index is 12.1. The van der Waals surface area contributed by atoms with Crippen LogP contribution in [0.4, 0.5) is 5.69 Å². The summed E-state index contributed by atoms with van der Waals surface area (Å²) in [7, 11) is 0. The van der Waals surface area contributed by atoms with E-state index in [1.54, 1.807) is 12.1 Å². The van der Waals surface area contributed by atoms with E-state index in [1.807, 2.05) is 50.3 Å². The van der Waals surface area contributed by atoms with E-state index in [2.05, 4.69) is 10.3 Å². The third-order valence-electron chi connectivity index (χ3n) is 3.48. The van der Waals surface area contributed by atoms with Gasteiger partial charge in [0, 0.05) is 0 Å². The molecule has 3 rings (SSSR count). The van der Waals surface area contributed by atoms with E-state index < -0.39 is 0 Å². The van der Waals surface area contributed by atoms with Crippen molar-refractivity contribution < 1.29 is 9.90 Å². The van der Waals surface area contributed by atoms with Crippen LogP contribution in [-0.2, 0) is 4.79 Å². The van der Waals surface area contributed by atoms with Crippen LogP contribution in [0.15, 0.2) is 52.4 Å². The molecular formula is C18H16N2O2S. The number of amidine groups is 1. The van der Waals surface area contributed by atoms with Crippen LogP contribution in [0.1, 0.15) is 16.7 Å². The van der Waals surface area contributed by atoms with Gasteiger partial charge in [-0.05, 0) is 60.5 Å². The molecule has 4 nitrogen and oxygen atoms in total. The maximum Gasteiger partial charge on any atom is 0.264 e. The number of carbonyl (C=O) groups excluding carboxylic acids is 1. The number of aliphatic imine (C=N–C) groups is 1. The quantitative estimate of drug-likeness (QED) is 0.824. The van der Waals surface area contributed by atoms with E-state index in [0.29, 0.717) is 15.8 Å². The molecule has 2 aromatic rings. The van der Waals surface area contributed by atoms with Gasteiger partial charge in [-0.1, -0.05) is 30.3 Å². The molecule has 0 bridgehead atoms. The first-order chi connectivity index (χ1) is 11.0. The predicted octanol–water partition coefficient (Wildman–Crippen LogP) is 3.90. The molecule has 5 heteroatoms. The van der Waals surface area contributed by atoms with Crippen molar-refractivity contribution in [3.63, 3.8) is 0 Å². The van der Waals surface area contributed by atoms with E-state index in [-0.39, 0.29) is 11.7 Å². The van der Waals surface area contributed by atoms with Crippen LogP contribution in [0.5, 0.6) is 5.75 Å². The Morgan fingerprint density at radius 1 is 1.17 bits per heavy atom. The molecule has 2 aromatic carbocycles. The first-order valence-corrected chi connectivity index (χ1v) is 7.99. The first kappa shape index (κ1) is 15.4. The molecular weight excluding hydrogens is 308 g/mol. The first-order valence-electron chi connectivity index (χ1n) is 7.18. The molecule has 0 saturated carbocycles. The zero-order valence-corrected chi connectivity index (χ0v) is 13.6. The van der Waals surface area contributed by atoms with E-state index >= 15 is 0 Å². The van der Waals surface area contributed by atoms with Crippen LogP contribution in [0.25, 0.3) is 6.08 Å². The van der Waals surface area contributed by atoms with Crippen LogP contribution >= 0.6 is 11.8 Å². The minimum absolute atomic E-state index is 0.0919. The molecule has 1 aliphatic heterocycles. The lowest BCUT2D eigenvalue weighted by atomic mass is 10.1. The lowest BCUT2D eigenvalue weighted by Gasteiger charge is -2.01. The van der Waals surface area contributed by atoms with E-state index in [4.69, 9.17) is 0 Å². The maximum absolute atomic E-state index is 12.1. The second-order valence-electron chi connectivity index (χ2n) is 5.33. The number of phenolic OH excluding ortho intramolecular Hbond substituents is 1. The van der Waals surface area contributed by atoms with Gasteiger partial charge in [-0.15, -0.1) is 0 Å². The van der Waals surface area contributed by atoms with Gasteiger partial charge in [0.1, 0.15) is 11.4 Å². The van der Waals surface area contributed by atoms with Crippen LogP contribution < -0.4 is 5.32 Å². The minimum Gasteiger partial charge on any atom is -0.506 e. The van der Waals surface area contributed by atoms with Gasteiger partial charge >= 0.3 is 0 Å². The molecule has 0 aromatic heterocycles. The summed E-state index contributed by atoms with van der Waals surface area (Å²) in [5.41, 5.74) is 3.55. The number of phenols is 1. The molecule has 0 unspecified atom stereocenters. The molecule has 1 heterocycles. The molecule has 0 radical (unpaired) electrons. The summed E-state index contributed by atoms with van der Waals surface area (Å²) < 4.78 is 0. The summed E-state index contributed by atoms with van der Waals surface area (Å²) >= 11 is 1.27. The fourth-order valence-corrected chi connectivity index (χ4v) is 3.03. The normalized spacial score (nSPS) is 17.7. The van der Waals surface area contributed by atoms with Gasteiger partial charge in [0.05, 0.1) is 4.91 Å². The Hall–Kier alpha value is -2.53. The number of hydrogen-bond donors (Lipinski definition) is 2. The van der Waals surface area contributed by atoms with Crippen molar-refractivity contribution in [2.75, 3.05) is 0 Å². The number of aromatic hydroxyl groups is 1. The fourth-order valence-electron chi connectivity index (χ4n) is 2.20. The highest BCUT2D eigenvalue weighted by Gasteiger charge is 2.24. The van der Waals surface area contributed by atoms with Crippen LogP contribution in [0, 0.1) is 13.8 Å². The molecule has 1 aliphatic rings. The van der Waals surface area contributed by atoms with Gasteiger partial charge in [0.2, 0.25) is 0 Å². The molecule has 1 saturated heterocycles. The Labute approximate surface area is 139 Å². The van der Waals surface area contributed by atoms with Gasteiger partial charge in [-0.2, -0.15) is 0 Å². The summed E-state index contributed by atoms with van der Waals surface area (Å²) in [6.45, 7) is 3.93. The van der Waals surface area contributed by atoms with Crippen molar-refractivity contribution in [1.29, 1.82) is 0 Å². The molecule has 0 atom stereocenters. The highest BCUT2D eigenvalue weighted by Crippen LogP contribution is 2.32. The highest BCUT2D eigenvalue weighted by atomic mass is 32.2. The molecule has 23 heavy (non-hydrogen) atoms. The summed E-state index contributed by atoms with van der Waals surface area (Å²) in [5.74, 6) is -0.0848. The highest BCUT2D eigenvalue weighted by molar-refractivity contribution is 8.18. The van der Waals surface area contributed by atoms with E-state index in [0.717, 1.165) is 16.7 Å². The lowest BCUT2D eigenvalue weighted by molar-refractivity contribution is -0.115. The zero-order valence-electron chi connectivity index (χ0n) is 12.8. The lowest BCUT2D eigenvalue weighted by Crippen LogP contribution is -2.19. The van der Waals surface area contributed by atoms with Crippen LogP contribution in [0.2, 0.25) is 0 Å². The summed E-state index contributed by atoms with van der Waals surface area (Å²) in [6.07, 6.45) is 1.86. The van der Waals surface area contributed by atoms with Crippen molar-refractivity contribution in [3.05, 3.63) is 64.1 Å². The van der Waals surface area contributed by atoms with Crippen molar-refractivity contribution >= 4 is 34.6 Å².